The standard InChI is InChI=1S/C15H21N3S/c1-12(15-18-9-10-19-15)11-17-8-4-6-13-5-2-3-7-14(13)16/h2-3,5,7,9-10,12,17H,4,6,8,11,16H2,1H3. The van der Waals surface area contributed by atoms with Crippen LogP contribution in [-0.2, 0) is 6.42 Å². The van der Waals surface area contributed by atoms with E-state index in [1.165, 1.54) is 10.6 Å². The molecule has 0 amide bonds. The first-order valence-electron chi connectivity index (χ1n) is 6.71. The molecular formula is C15H21N3S. The van der Waals surface area contributed by atoms with E-state index in [4.69, 9.17) is 5.73 Å². The summed E-state index contributed by atoms with van der Waals surface area (Å²) in [4.78, 5) is 4.34. The molecule has 1 aromatic heterocycles. The van der Waals surface area contributed by atoms with Gasteiger partial charge in [-0.25, -0.2) is 4.98 Å². The van der Waals surface area contributed by atoms with Crippen molar-refractivity contribution in [3.63, 3.8) is 0 Å². The van der Waals surface area contributed by atoms with Crippen LogP contribution >= 0.6 is 11.3 Å². The van der Waals surface area contributed by atoms with Gasteiger partial charge in [0.25, 0.3) is 0 Å². The van der Waals surface area contributed by atoms with Crippen LogP contribution in [0, 0.1) is 0 Å². The third-order valence-electron chi connectivity index (χ3n) is 3.18. The van der Waals surface area contributed by atoms with E-state index in [0.717, 1.165) is 31.6 Å². The van der Waals surface area contributed by atoms with E-state index in [2.05, 4.69) is 23.3 Å². The zero-order valence-electron chi connectivity index (χ0n) is 11.3. The Hall–Kier alpha value is -1.39. The van der Waals surface area contributed by atoms with Gasteiger partial charge in [0.05, 0.1) is 5.01 Å². The summed E-state index contributed by atoms with van der Waals surface area (Å²) in [5.41, 5.74) is 8.07. The first-order chi connectivity index (χ1) is 9.27. The fourth-order valence-electron chi connectivity index (χ4n) is 2.05. The Morgan fingerprint density at radius 3 is 2.95 bits per heavy atom. The number of nitrogen functional groups attached to an aromatic ring is 1. The molecule has 0 saturated carbocycles. The van der Waals surface area contributed by atoms with Crippen molar-refractivity contribution < 1.29 is 0 Å². The number of nitrogens with one attached hydrogen (secondary N) is 1. The third-order valence-corrected chi connectivity index (χ3v) is 4.19. The zero-order valence-corrected chi connectivity index (χ0v) is 12.1. The highest BCUT2D eigenvalue weighted by molar-refractivity contribution is 7.09. The molecule has 3 nitrogen and oxygen atoms in total. The van der Waals surface area contributed by atoms with Crippen LogP contribution in [-0.4, -0.2) is 18.1 Å². The van der Waals surface area contributed by atoms with Crippen LogP contribution < -0.4 is 11.1 Å². The molecule has 2 rings (SSSR count). The molecular weight excluding hydrogens is 254 g/mol. The molecule has 0 aliphatic carbocycles. The Kier molecular flexibility index (Phi) is 5.36. The summed E-state index contributed by atoms with van der Waals surface area (Å²) in [5, 5.41) is 6.73. The fraction of sp³-hybridized carbons (Fsp3) is 0.400. The van der Waals surface area contributed by atoms with Crippen molar-refractivity contribution in [1.29, 1.82) is 0 Å². The SMILES string of the molecule is CC(CNCCCc1ccccc1N)c1nccs1. The van der Waals surface area contributed by atoms with Crippen molar-refractivity contribution in [3.8, 4) is 0 Å². The molecule has 0 saturated heterocycles. The van der Waals surface area contributed by atoms with Gasteiger partial charge in [0.15, 0.2) is 0 Å². The molecule has 19 heavy (non-hydrogen) atoms. The smallest absolute Gasteiger partial charge is 0.0965 e. The summed E-state index contributed by atoms with van der Waals surface area (Å²) in [5.74, 6) is 0.488. The van der Waals surface area contributed by atoms with E-state index in [0.29, 0.717) is 5.92 Å². The molecule has 0 radical (unpaired) electrons. The average molecular weight is 275 g/mol. The average Bonchev–Trinajstić information content (AvgIpc) is 2.94. The highest BCUT2D eigenvalue weighted by atomic mass is 32.1. The second-order valence-corrected chi connectivity index (χ2v) is 5.70. The molecule has 1 aromatic carbocycles. The predicted octanol–water partition coefficient (Wildman–Crippen LogP) is 3.05. The van der Waals surface area contributed by atoms with Gasteiger partial charge < -0.3 is 11.1 Å². The lowest BCUT2D eigenvalue weighted by Gasteiger charge is -2.10. The summed E-state index contributed by atoms with van der Waals surface area (Å²) in [7, 11) is 0. The summed E-state index contributed by atoms with van der Waals surface area (Å²) in [6.07, 6.45) is 4.01. The van der Waals surface area contributed by atoms with E-state index < -0.39 is 0 Å². The summed E-state index contributed by atoms with van der Waals surface area (Å²) in [6, 6.07) is 8.09. The van der Waals surface area contributed by atoms with Crippen molar-refractivity contribution in [1.82, 2.24) is 10.3 Å². The predicted molar refractivity (Wildman–Crippen MR) is 82.6 cm³/mol. The van der Waals surface area contributed by atoms with Crippen molar-refractivity contribution in [2.75, 3.05) is 18.8 Å². The Morgan fingerprint density at radius 2 is 2.21 bits per heavy atom. The largest absolute Gasteiger partial charge is 0.399 e. The topological polar surface area (TPSA) is 50.9 Å². The highest BCUT2D eigenvalue weighted by Crippen LogP contribution is 2.16. The second-order valence-electron chi connectivity index (χ2n) is 4.78. The molecule has 1 unspecified atom stereocenters. The van der Waals surface area contributed by atoms with Crippen LogP contribution in [0.4, 0.5) is 5.69 Å². The van der Waals surface area contributed by atoms with Gasteiger partial charge in [0.2, 0.25) is 0 Å². The van der Waals surface area contributed by atoms with Gasteiger partial charge in [-0.1, -0.05) is 25.1 Å². The van der Waals surface area contributed by atoms with Crippen LogP contribution in [0.3, 0.4) is 0 Å². The summed E-state index contributed by atoms with van der Waals surface area (Å²) in [6.45, 7) is 4.21. The number of para-hydroxylation sites is 1. The number of aryl methyl sites for hydroxylation is 1. The zero-order chi connectivity index (χ0) is 13.5. The Morgan fingerprint density at radius 1 is 1.37 bits per heavy atom. The van der Waals surface area contributed by atoms with Gasteiger partial charge in [0, 0.05) is 29.7 Å². The third kappa shape index (κ3) is 4.33. The Bertz CT molecular complexity index is 482. The lowest BCUT2D eigenvalue weighted by molar-refractivity contribution is 0.594. The van der Waals surface area contributed by atoms with Crippen LogP contribution in [0.5, 0.6) is 0 Å². The monoisotopic (exact) mass is 275 g/mol. The number of hydrogen-bond donors (Lipinski definition) is 2. The lowest BCUT2D eigenvalue weighted by atomic mass is 10.1. The molecule has 0 aliphatic rings. The van der Waals surface area contributed by atoms with Crippen molar-refractivity contribution in [3.05, 3.63) is 46.4 Å². The first-order valence-corrected chi connectivity index (χ1v) is 7.59. The van der Waals surface area contributed by atoms with Crippen molar-refractivity contribution >= 4 is 17.0 Å². The van der Waals surface area contributed by atoms with Crippen LogP contribution in [0.1, 0.15) is 29.8 Å². The van der Waals surface area contributed by atoms with E-state index >= 15 is 0 Å². The van der Waals surface area contributed by atoms with Gasteiger partial charge in [-0.05, 0) is 31.0 Å². The number of nitrogens with two attached hydrogens (primary N) is 1. The normalized spacial score (nSPS) is 12.5. The molecule has 1 heterocycles. The second kappa shape index (κ2) is 7.26. The maximum absolute atomic E-state index is 5.92. The van der Waals surface area contributed by atoms with E-state index in [-0.39, 0.29) is 0 Å². The van der Waals surface area contributed by atoms with Gasteiger partial charge in [-0.15, -0.1) is 11.3 Å². The Balaban J connectivity index is 1.64. The minimum atomic E-state index is 0.488. The van der Waals surface area contributed by atoms with Crippen molar-refractivity contribution in [2.24, 2.45) is 0 Å². The highest BCUT2D eigenvalue weighted by Gasteiger charge is 2.06. The molecule has 0 fully saturated rings. The number of nitrogens with zero attached hydrogens (tertiary/aromatic N) is 1. The van der Waals surface area contributed by atoms with Crippen LogP contribution in [0.2, 0.25) is 0 Å². The van der Waals surface area contributed by atoms with Crippen molar-refractivity contribution in [2.45, 2.75) is 25.7 Å². The quantitative estimate of drug-likeness (QED) is 0.603. The van der Waals surface area contributed by atoms with Crippen LogP contribution in [0.15, 0.2) is 35.8 Å². The number of thiazole rings is 1. The molecule has 0 spiro atoms. The molecule has 1 atom stereocenters. The number of anilines is 1. The van der Waals surface area contributed by atoms with Gasteiger partial charge >= 0.3 is 0 Å². The van der Waals surface area contributed by atoms with E-state index in [1.54, 1.807) is 11.3 Å². The maximum Gasteiger partial charge on any atom is 0.0965 e. The van der Waals surface area contributed by atoms with Gasteiger partial charge in [-0.3, -0.25) is 0 Å². The van der Waals surface area contributed by atoms with Gasteiger partial charge in [0.1, 0.15) is 0 Å². The summed E-state index contributed by atoms with van der Waals surface area (Å²) < 4.78 is 0. The van der Waals surface area contributed by atoms with E-state index in [9.17, 15) is 0 Å². The lowest BCUT2D eigenvalue weighted by Crippen LogP contribution is -2.21. The molecule has 0 bridgehead atoms. The molecule has 3 N–H and O–H groups in total. The Labute approximate surface area is 118 Å². The molecule has 102 valence electrons. The maximum atomic E-state index is 5.92. The fourth-order valence-corrected chi connectivity index (χ4v) is 2.75. The number of rotatable bonds is 7. The number of benzene rings is 1. The van der Waals surface area contributed by atoms with Crippen LogP contribution in [0.25, 0.3) is 0 Å². The number of aromatic nitrogens is 1. The van der Waals surface area contributed by atoms with E-state index in [1.807, 2.05) is 29.8 Å². The minimum absolute atomic E-state index is 0.488. The number of hydrogen-bond acceptors (Lipinski definition) is 4. The van der Waals surface area contributed by atoms with Gasteiger partial charge in [-0.2, -0.15) is 0 Å². The molecule has 0 aliphatic heterocycles. The molecule has 4 heteroatoms. The molecule has 2 aromatic rings. The first kappa shape index (κ1) is 14.0. The summed E-state index contributed by atoms with van der Waals surface area (Å²) >= 11 is 1.73. The minimum Gasteiger partial charge on any atom is -0.399 e.